The Labute approximate surface area is 114 Å². The summed E-state index contributed by atoms with van der Waals surface area (Å²) in [5.41, 5.74) is 3.40. The molecule has 3 heteroatoms. The van der Waals surface area contributed by atoms with Gasteiger partial charge in [-0.3, -0.25) is 0 Å². The van der Waals surface area contributed by atoms with Crippen molar-refractivity contribution in [3.05, 3.63) is 59.2 Å². The molecule has 0 radical (unpaired) electrons. The Hall–Kier alpha value is -2.68. The van der Waals surface area contributed by atoms with E-state index in [9.17, 15) is 0 Å². The van der Waals surface area contributed by atoms with Crippen LogP contribution in [0.1, 0.15) is 0 Å². The predicted molar refractivity (Wildman–Crippen MR) is 76.9 cm³/mol. The fraction of sp³-hybridized carbons (Fsp3) is 0.0588. The summed E-state index contributed by atoms with van der Waals surface area (Å²) in [6, 6.07) is 16.5. The second-order valence-electron chi connectivity index (χ2n) is 5.03. The van der Waals surface area contributed by atoms with Crippen molar-refractivity contribution < 1.29 is 4.74 Å². The first kappa shape index (κ1) is 10.1. The van der Waals surface area contributed by atoms with Crippen LogP contribution >= 0.6 is 0 Å². The Morgan fingerprint density at radius 2 is 1.85 bits per heavy atom. The van der Waals surface area contributed by atoms with E-state index in [2.05, 4.69) is 41.4 Å². The largest absolute Gasteiger partial charge is 0.469 e. The fourth-order valence-electron chi connectivity index (χ4n) is 3.09. The van der Waals surface area contributed by atoms with Gasteiger partial charge in [0.2, 0.25) is 0 Å². The molecule has 20 heavy (non-hydrogen) atoms. The molecular weight excluding hydrogens is 248 g/mol. The quantitative estimate of drug-likeness (QED) is 0.477. The molecule has 0 atom stereocenters. The van der Waals surface area contributed by atoms with Gasteiger partial charge in [-0.15, -0.1) is 0 Å². The van der Waals surface area contributed by atoms with Gasteiger partial charge in [0.25, 0.3) is 0 Å². The predicted octanol–water partition coefficient (Wildman–Crippen LogP) is 2.74. The number of fused-ring (bicyclic) bond motifs is 7. The second-order valence-corrected chi connectivity index (χ2v) is 5.03. The molecule has 0 bridgehead atoms. The van der Waals surface area contributed by atoms with E-state index in [4.69, 9.17) is 9.73 Å². The number of benzene rings is 3. The van der Waals surface area contributed by atoms with Crippen LogP contribution in [0.25, 0.3) is 21.9 Å². The van der Waals surface area contributed by atoms with Crippen LogP contribution in [-0.2, 0) is 0 Å². The number of hydrogen-bond acceptors (Lipinski definition) is 3. The van der Waals surface area contributed by atoms with E-state index in [1.165, 1.54) is 16.5 Å². The van der Waals surface area contributed by atoms with Crippen LogP contribution in [-0.4, -0.2) is 6.73 Å². The number of nitrogens with zero attached hydrogens (tertiary/aromatic N) is 2. The third-order valence-electron chi connectivity index (χ3n) is 3.96. The van der Waals surface area contributed by atoms with Gasteiger partial charge in [-0.1, -0.05) is 30.3 Å². The van der Waals surface area contributed by atoms with Crippen molar-refractivity contribution in [2.75, 3.05) is 6.73 Å². The van der Waals surface area contributed by atoms with Crippen molar-refractivity contribution in [1.29, 1.82) is 0 Å². The average molecular weight is 258 g/mol. The fourth-order valence-corrected chi connectivity index (χ4v) is 3.09. The van der Waals surface area contributed by atoms with Gasteiger partial charge in [-0.05, 0) is 23.6 Å². The summed E-state index contributed by atoms with van der Waals surface area (Å²) in [6.45, 7) is 0.414. The van der Waals surface area contributed by atoms with Crippen molar-refractivity contribution in [2.45, 2.75) is 0 Å². The summed E-state index contributed by atoms with van der Waals surface area (Å²) >= 11 is 0. The SMILES string of the molecule is c1ccc2c(c1)N=c1ccc3ccc4c(c3c1-2)=NCO4. The Morgan fingerprint density at radius 1 is 0.950 bits per heavy atom. The molecule has 0 unspecified atom stereocenters. The molecule has 0 amide bonds. The summed E-state index contributed by atoms with van der Waals surface area (Å²) in [5.74, 6) is 0.871. The maximum atomic E-state index is 5.56. The summed E-state index contributed by atoms with van der Waals surface area (Å²) in [5, 5.41) is 4.33. The second kappa shape index (κ2) is 3.45. The minimum atomic E-state index is 0.414. The van der Waals surface area contributed by atoms with Gasteiger partial charge in [-0.25, -0.2) is 9.98 Å². The Balaban J connectivity index is 2.07. The van der Waals surface area contributed by atoms with E-state index in [1.54, 1.807) is 0 Å². The average Bonchev–Trinajstić information content (AvgIpc) is 3.10. The van der Waals surface area contributed by atoms with Gasteiger partial charge in [0.15, 0.2) is 6.73 Å². The first-order valence-corrected chi connectivity index (χ1v) is 6.63. The minimum Gasteiger partial charge on any atom is -0.469 e. The van der Waals surface area contributed by atoms with Crippen molar-refractivity contribution in [3.63, 3.8) is 0 Å². The number of rotatable bonds is 0. The molecule has 2 heterocycles. The third kappa shape index (κ3) is 1.15. The zero-order valence-corrected chi connectivity index (χ0v) is 10.6. The number of ether oxygens (including phenoxy) is 1. The van der Waals surface area contributed by atoms with Crippen LogP contribution in [0.3, 0.4) is 0 Å². The van der Waals surface area contributed by atoms with Gasteiger partial charge in [-0.2, -0.15) is 0 Å². The number of hydrogen-bond donors (Lipinski definition) is 0. The Morgan fingerprint density at radius 3 is 2.85 bits per heavy atom. The van der Waals surface area contributed by atoms with Crippen molar-refractivity contribution in [1.82, 2.24) is 0 Å². The normalized spacial score (nSPS) is 14.0. The van der Waals surface area contributed by atoms with E-state index in [1.807, 2.05) is 12.1 Å². The highest BCUT2D eigenvalue weighted by molar-refractivity contribution is 6.00. The molecule has 0 spiro atoms. The molecule has 0 aromatic heterocycles. The first-order valence-electron chi connectivity index (χ1n) is 6.63. The van der Waals surface area contributed by atoms with Crippen LogP contribution in [0.5, 0.6) is 5.75 Å². The highest BCUT2D eigenvalue weighted by Crippen LogP contribution is 2.36. The number of para-hydroxylation sites is 1. The maximum absolute atomic E-state index is 5.56. The highest BCUT2D eigenvalue weighted by atomic mass is 16.5. The topological polar surface area (TPSA) is 34.0 Å². The Bertz CT molecular complexity index is 1010. The van der Waals surface area contributed by atoms with Crippen LogP contribution in [0, 0.1) is 0 Å². The highest BCUT2D eigenvalue weighted by Gasteiger charge is 2.19. The Kier molecular flexibility index (Phi) is 1.75. The molecule has 0 saturated carbocycles. The lowest BCUT2D eigenvalue weighted by atomic mass is 9.97. The molecule has 94 valence electrons. The van der Waals surface area contributed by atoms with E-state index in [0.717, 1.165) is 27.5 Å². The molecule has 0 aliphatic carbocycles. The van der Waals surface area contributed by atoms with E-state index >= 15 is 0 Å². The van der Waals surface area contributed by atoms with Crippen LogP contribution in [0.4, 0.5) is 5.69 Å². The zero-order valence-electron chi connectivity index (χ0n) is 10.6. The smallest absolute Gasteiger partial charge is 0.180 e. The van der Waals surface area contributed by atoms with Gasteiger partial charge < -0.3 is 4.74 Å². The molecule has 3 aromatic carbocycles. The zero-order chi connectivity index (χ0) is 13.1. The van der Waals surface area contributed by atoms with Gasteiger partial charge in [0.1, 0.15) is 11.1 Å². The third-order valence-corrected chi connectivity index (χ3v) is 3.96. The lowest BCUT2D eigenvalue weighted by Crippen LogP contribution is -2.09. The lowest BCUT2D eigenvalue weighted by molar-refractivity contribution is 0.352. The minimum absolute atomic E-state index is 0.414. The first-order chi connectivity index (χ1) is 9.92. The molecule has 5 rings (SSSR count). The molecular formula is C17H10N2O. The standard InChI is InChI=1S/C17H10N2O/c1-2-4-12-11(3-1)16-13(19-12)7-5-10-6-8-14-17(15(10)16)18-9-20-14/h1-8H,9H2. The van der Waals surface area contributed by atoms with E-state index < -0.39 is 0 Å². The van der Waals surface area contributed by atoms with Gasteiger partial charge in [0, 0.05) is 16.5 Å². The lowest BCUT2D eigenvalue weighted by Gasteiger charge is -2.05. The monoisotopic (exact) mass is 258 g/mol. The van der Waals surface area contributed by atoms with Crippen molar-refractivity contribution in [2.24, 2.45) is 9.98 Å². The van der Waals surface area contributed by atoms with Gasteiger partial charge >= 0.3 is 0 Å². The van der Waals surface area contributed by atoms with E-state index in [-0.39, 0.29) is 0 Å². The molecule has 2 aliphatic heterocycles. The summed E-state index contributed by atoms with van der Waals surface area (Å²) in [4.78, 5) is 9.22. The molecule has 3 aromatic rings. The maximum Gasteiger partial charge on any atom is 0.180 e. The molecule has 0 N–H and O–H groups in total. The molecule has 2 aliphatic rings. The molecule has 3 nitrogen and oxygen atoms in total. The summed E-state index contributed by atoms with van der Waals surface area (Å²) in [7, 11) is 0. The van der Waals surface area contributed by atoms with Crippen molar-refractivity contribution >= 4 is 16.5 Å². The molecule has 0 saturated heterocycles. The van der Waals surface area contributed by atoms with Crippen LogP contribution in [0.2, 0.25) is 0 Å². The van der Waals surface area contributed by atoms with Gasteiger partial charge in [0.05, 0.1) is 11.0 Å². The van der Waals surface area contributed by atoms with Crippen LogP contribution < -0.4 is 15.5 Å². The van der Waals surface area contributed by atoms with Crippen LogP contribution in [0.15, 0.2) is 58.5 Å². The summed E-state index contributed by atoms with van der Waals surface area (Å²) in [6.07, 6.45) is 0. The molecule has 0 fully saturated rings. The van der Waals surface area contributed by atoms with Crippen molar-refractivity contribution in [3.8, 4) is 16.9 Å². The van der Waals surface area contributed by atoms with E-state index in [0.29, 0.717) is 6.73 Å². The summed E-state index contributed by atoms with van der Waals surface area (Å²) < 4.78 is 5.56.